The van der Waals surface area contributed by atoms with Crippen LogP contribution in [0.3, 0.4) is 0 Å². The molecular formula is C19H21N3O3. The molecule has 3 rings (SSSR count). The molecule has 0 spiro atoms. The molecule has 0 saturated heterocycles. The Balaban J connectivity index is 1.87. The van der Waals surface area contributed by atoms with Gasteiger partial charge in [0.1, 0.15) is 5.69 Å². The Morgan fingerprint density at radius 1 is 1.24 bits per heavy atom. The van der Waals surface area contributed by atoms with Crippen LogP contribution in [0.4, 0.5) is 0 Å². The minimum absolute atomic E-state index is 0.000826. The molecule has 0 bridgehead atoms. The van der Waals surface area contributed by atoms with Crippen LogP contribution >= 0.6 is 0 Å². The van der Waals surface area contributed by atoms with Gasteiger partial charge in [0.05, 0.1) is 6.10 Å². The Bertz CT molecular complexity index is 786. The van der Waals surface area contributed by atoms with E-state index in [0.717, 1.165) is 5.56 Å². The first-order chi connectivity index (χ1) is 11.9. The molecule has 1 saturated carbocycles. The van der Waals surface area contributed by atoms with Crippen molar-refractivity contribution >= 4 is 11.8 Å². The van der Waals surface area contributed by atoms with Crippen molar-refractivity contribution in [3.8, 4) is 0 Å². The van der Waals surface area contributed by atoms with Crippen molar-refractivity contribution in [1.29, 1.82) is 0 Å². The van der Waals surface area contributed by atoms with Crippen LogP contribution in [-0.2, 0) is 6.42 Å². The predicted molar refractivity (Wildman–Crippen MR) is 93.1 cm³/mol. The van der Waals surface area contributed by atoms with Crippen LogP contribution in [0.5, 0.6) is 0 Å². The number of benzene rings is 1. The lowest BCUT2D eigenvalue weighted by Gasteiger charge is -2.38. The van der Waals surface area contributed by atoms with Crippen LogP contribution in [0.1, 0.15) is 44.9 Å². The zero-order valence-electron chi connectivity index (χ0n) is 14.1. The average Bonchev–Trinajstić information content (AvgIpc) is 2.58. The fraction of sp³-hybridized carbons (Fsp3) is 0.316. The van der Waals surface area contributed by atoms with Gasteiger partial charge in [-0.3, -0.25) is 9.59 Å². The zero-order chi connectivity index (χ0) is 18.0. The molecule has 0 radical (unpaired) electrons. The molecule has 130 valence electrons. The summed E-state index contributed by atoms with van der Waals surface area (Å²) in [6.45, 7) is 0. The van der Waals surface area contributed by atoms with Gasteiger partial charge in [-0.05, 0) is 30.5 Å². The second kappa shape index (κ2) is 7.03. The van der Waals surface area contributed by atoms with Gasteiger partial charge in [-0.15, -0.1) is 0 Å². The summed E-state index contributed by atoms with van der Waals surface area (Å²) in [7, 11) is 1.69. The maximum Gasteiger partial charge on any atom is 0.272 e. The lowest BCUT2D eigenvalue weighted by Crippen LogP contribution is -2.48. The molecule has 2 amide bonds. The second-order valence-corrected chi connectivity index (χ2v) is 6.45. The van der Waals surface area contributed by atoms with E-state index in [2.05, 4.69) is 4.98 Å². The van der Waals surface area contributed by atoms with Gasteiger partial charge in [-0.1, -0.05) is 30.3 Å². The number of carbonyl (C=O) groups excluding carboxylic acids is 2. The highest BCUT2D eigenvalue weighted by Crippen LogP contribution is 2.25. The minimum atomic E-state index is -0.590. The van der Waals surface area contributed by atoms with Gasteiger partial charge in [-0.25, -0.2) is 4.98 Å². The summed E-state index contributed by atoms with van der Waals surface area (Å²) in [5, 5.41) is 9.43. The molecule has 0 atom stereocenters. The number of pyridine rings is 1. The number of rotatable bonds is 5. The smallest absolute Gasteiger partial charge is 0.272 e. The Hall–Kier alpha value is -2.73. The number of carbonyl (C=O) groups is 2. The summed E-state index contributed by atoms with van der Waals surface area (Å²) in [5.41, 5.74) is 7.53. The number of aliphatic hydroxyl groups excluding tert-OH is 1. The van der Waals surface area contributed by atoms with Gasteiger partial charge in [0, 0.05) is 30.8 Å². The Morgan fingerprint density at radius 2 is 1.92 bits per heavy atom. The van der Waals surface area contributed by atoms with Crippen LogP contribution in [-0.4, -0.2) is 46.0 Å². The lowest BCUT2D eigenvalue weighted by molar-refractivity contribution is 0.0129. The molecule has 1 aromatic carbocycles. The molecule has 2 aromatic rings. The first kappa shape index (κ1) is 17.1. The van der Waals surface area contributed by atoms with Crippen LogP contribution in [0.15, 0.2) is 42.5 Å². The highest BCUT2D eigenvalue weighted by Gasteiger charge is 2.33. The van der Waals surface area contributed by atoms with E-state index in [0.29, 0.717) is 25.0 Å². The molecule has 1 aromatic heterocycles. The monoisotopic (exact) mass is 339 g/mol. The number of aliphatic hydroxyl groups is 1. The molecule has 3 N–H and O–H groups in total. The Kier molecular flexibility index (Phi) is 4.81. The fourth-order valence-corrected chi connectivity index (χ4v) is 2.96. The van der Waals surface area contributed by atoms with E-state index in [1.54, 1.807) is 18.0 Å². The van der Waals surface area contributed by atoms with Crippen molar-refractivity contribution in [3.63, 3.8) is 0 Å². The lowest BCUT2D eigenvalue weighted by atomic mass is 9.88. The third-order valence-electron chi connectivity index (χ3n) is 4.57. The number of primary amides is 1. The van der Waals surface area contributed by atoms with E-state index in [9.17, 15) is 14.7 Å². The summed E-state index contributed by atoms with van der Waals surface area (Å²) < 4.78 is 0. The van der Waals surface area contributed by atoms with E-state index in [-0.39, 0.29) is 29.3 Å². The van der Waals surface area contributed by atoms with Crippen LogP contribution in [0.25, 0.3) is 0 Å². The van der Waals surface area contributed by atoms with E-state index in [1.807, 2.05) is 30.3 Å². The van der Waals surface area contributed by atoms with E-state index in [1.165, 1.54) is 6.07 Å². The third kappa shape index (κ3) is 3.85. The van der Waals surface area contributed by atoms with Crippen molar-refractivity contribution in [2.75, 3.05) is 7.05 Å². The van der Waals surface area contributed by atoms with Gasteiger partial charge in [0.15, 0.2) is 0 Å². The normalized spacial score (nSPS) is 19.1. The highest BCUT2D eigenvalue weighted by molar-refractivity contribution is 5.98. The van der Waals surface area contributed by atoms with Gasteiger partial charge in [-0.2, -0.15) is 0 Å². The van der Waals surface area contributed by atoms with Crippen LogP contribution in [0.2, 0.25) is 0 Å². The Labute approximate surface area is 146 Å². The Morgan fingerprint density at radius 3 is 2.52 bits per heavy atom. The van der Waals surface area contributed by atoms with E-state index in [4.69, 9.17) is 5.73 Å². The molecule has 1 aliphatic carbocycles. The van der Waals surface area contributed by atoms with Crippen LogP contribution in [0, 0.1) is 0 Å². The number of aromatic nitrogens is 1. The number of nitrogens with zero attached hydrogens (tertiary/aromatic N) is 2. The summed E-state index contributed by atoms with van der Waals surface area (Å²) in [6, 6.07) is 12.8. The van der Waals surface area contributed by atoms with E-state index >= 15 is 0 Å². The molecule has 6 heteroatoms. The van der Waals surface area contributed by atoms with Crippen molar-refractivity contribution in [2.24, 2.45) is 5.73 Å². The molecule has 1 fully saturated rings. The van der Waals surface area contributed by atoms with Gasteiger partial charge in [0.2, 0.25) is 5.91 Å². The van der Waals surface area contributed by atoms with Crippen molar-refractivity contribution in [2.45, 2.75) is 31.4 Å². The largest absolute Gasteiger partial charge is 0.393 e. The summed E-state index contributed by atoms with van der Waals surface area (Å²) in [6.07, 6.45) is 1.29. The number of amides is 2. The average molecular weight is 339 g/mol. The van der Waals surface area contributed by atoms with Gasteiger partial charge < -0.3 is 15.7 Å². The highest BCUT2D eigenvalue weighted by atomic mass is 16.3. The first-order valence-electron chi connectivity index (χ1n) is 8.24. The molecule has 0 unspecified atom stereocenters. The van der Waals surface area contributed by atoms with Crippen molar-refractivity contribution < 1.29 is 14.7 Å². The molecule has 1 aliphatic rings. The summed E-state index contributed by atoms with van der Waals surface area (Å²) in [4.78, 5) is 30.3. The SMILES string of the molecule is CN(C(=O)c1cc(C(N)=O)cc(Cc2ccccc2)n1)C1CC(O)C1. The maximum atomic E-state index is 12.7. The number of nitrogens with two attached hydrogens (primary N) is 1. The number of hydrogen-bond donors (Lipinski definition) is 2. The molecular weight excluding hydrogens is 318 g/mol. The predicted octanol–water partition coefficient (Wildman–Crippen LogP) is 1.37. The third-order valence-corrected chi connectivity index (χ3v) is 4.57. The van der Waals surface area contributed by atoms with Crippen LogP contribution < -0.4 is 5.73 Å². The standard InChI is InChI=1S/C19H21N3O3/c1-22(15-10-16(23)11-15)19(25)17-9-13(18(20)24)8-14(21-17)7-12-5-3-2-4-6-12/h2-6,8-9,15-16,23H,7,10-11H2,1H3,(H2,20,24). The first-order valence-corrected chi connectivity index (χ1v) is 8.24. The minimum Gasteiger partial charge on any atom is -0.393 e. The molecule has 25 heavy (non-hydrogen) atoms. The van der Waals surface area contributed by atoms with E-state index < -0.39 is 5.91 Å². The van der Waals surface area contributed by atoms with Gasteiger partial charge >= 0.3 is 0 Å². The quantitative estimate of drug-likeness (QED) is 0.860. The summed E-state index contributed by atoms with van der Waals surface area (Å²) >= 11 is 0. The molecule has 1 heterocycles. The summed E-state index contributed by atoms with van der Waals surface area (Å²) in [5.74, 6) is -0.859. The number of hydrogen-bond acceptors (Lipinski definition) is 4. The van der Waals surface area contributed by atoms with Crippen molar-refractivity contribution in [1.82, 2.24) is 9.88 Å². The zero-order valence-corrected chi connectivity index (χ0v) is 14.1. The molecule has 6 nitrogen and oxygen atoms in total. The van der Waals surface area contributed by atoms with Crippen molar-refractivity contribution in [3.05, 3.63) is 65.0 Å². The maximum absolute atomic E-state index is 12.7. The van der Waals surface area contributed by atoms with Gasteiger partial charge in [0.25, 0.3) is 5.91 Å². The fourth-order valence-electron chi connectivity index (χ4n) is 2.96. The topological polar surface area (TPSA) is 96.5 Å². The second-order valence-electron chi connectivity index (χ2n) is 6.45. The molecule has 0 aliphatic heterocycles.